The summed E-state index contributed by atoms with van der Waals surface area (Å²) in [5.41, 5.74) is 0. The molecule has 0 aliphatic heterocycles. The Balaban J connectivity index is 4.36. The number of thioether (sulfide) groups is 1. The molecule has 0 aromatic carbocycles. The molecule has 0 atom stereocenters. The molecule has 0 spiro atoms. The molecule has 0 fully saturated rings. The van der Waals surface area contributed by atoms with Crippen molar-refractivity contribution in [3.8, 4) is 0 Å². The van der Waals surface area contributed by atoms with Crippen molar-refractivity contribution in [1.29, 1.82) is 0 Å². The third-order valence-electron chi connectivity index (χ3n) is 1.32. The highest BCUT2D eigenvalue weighted by Gasteiger charge is 2.22. The van der Waals surface area contributed by atoms with Gasteiger partial charge < -0.3 is 4.90 Å². The molecule has 74 valence electrons. The lowest BCUT2D eigenvalue weighted by Crippen LogP contribution is -2.27. The van der Waals surface area contributed by atoms with Crippen molar-refractivity contribution in [2.75, 3.05) is 14.1 Å². The van der Waals surface area contributed by atoms with E-state index in [0.717, 1.165) is 11.8 Å². The number of carbonyl (C=O) groups excluding carboxylic acids is 2. The largest absolute Gasteiger partial charge is 0.364 e. The predicted octanol–water partition coefficient (Wildman–Crippen LogP) is 1.11. The first-order chi connectivity index (χ1) is 5.86. The van der Waals surface area contributed by atoms with Crippen molar-refractivity contribution in [2.45, 2.75) is 19.1 Å². The summed E-state index contributed by atoms with van der Waals surface area (Å²) in [7, 11) is 3.57. The molecule has 0 unspecified atom stereocenters. The number of Topliss-reactive ketones (excluding diaryl/α,β-unsaturated/α-hetero) is 2. The van der Waals surface area contributed by atoms with Gasteiger partial charge in [-0.15, -0.1) is 0 Å². The Morgan fingerprint density at radius 3 is 1.85 bits per heavy atom. The highest BCUT2D eigenvalue weighted by Crippen LogP contribution is 2.16. The zero-order valence-electron chi connectivity index (χ0n) is 8.16. The topological polar surface area (TPSA) is 37.4 Å². The first kappa shape index (κ1) is 12.6. The number of carbonyl (C=O) groups is 2. The van der Waals surface area contributed by atoms with Gasteiger partial charge in [0.25, 0.3) is 0 Å². The smallest absolute Gasteiger partial charge is 0.150 e. The fraction of sp³-hybridized carbons (Fsp3) is 0.625. The van der Waals surface area contributed by atoms with Crippen LogP contribution in [0.5, 0.6) is 0 Å². The summed E-state index contributed by atoms with van der Waals surface area (Å²) in [5, 5.41) is -0.644. The second-order valence-electron chi connectivity index (χ2n) is 2.88. The Hall–Kier alpha value is -0.420. The molecule has 0 rings (SSSR count). The zero-order chi connectivity index (χ0) is 10.6. The van der Waals surface area contributed by atoms with Gasteiger partial charge in [0.05, 0.1) is 0 Å². The molecule has 3 nitrogen and oxygen atoms in total. The third-order valence-corrected chi connectivity index (χ3v) is 3.44. The Bertz CT molecular complexity index is 224. The quantitative estimate of drug-likeness (QED) is 0.525. The summed E-state index contributed by atoms with van der Waals surface area (Å²) in [6.45, 7) is 2.80. The van der Waals surface area contributed by atoms with Crippen LogP contribution in [0.25, 0.3) is 0 Å². The molecule has 0 aliphatic carbocycles. The van der Waals surface area contributed by atoms with E-state index in [4.69, 9.17) is 12.2 Å². The van der Waals surface area contributed by atoms with Gasteiger partial charge in [0.15, 0.2) is 11.6 Å². The normalized spacial score (nSPS) is 9.92. The van der Waals surface area contributed by atoms with E-state index in [1.165, 1.54) is 13.8 Å². The summed E-state index contributed by atoms with van der Waals surface area (Å²) in [4.78, 5) is 23.8. The Morgan fingerprint density at radius 1 is 1.23 bits per heavy atom. The van der Waals surface area contributed by atoms with E-state index in [1.54, 1.807) is 19.0 Å². The fourth-order valence-electron chi connectivity index (χ4n) is 0.658. The lowest BCUT2D eigenvalue weighted by molar-refractivity contribution is -0.123. The third kappa shape index (κ3) is 4.38. The summed E-state index contributed by atoms with van der Waals surface area (Å²) < 4.78 is 0.551. The van der Waals surface area contributed by atoms with Crippen molar-refractivity contribution in [3.63, 3.8) is 0 Å². The van der Waals surface area contributed by atoms with Crippen molar-refractivity contribution >= 4 is 39.9 Å². The van der Waals surface area contributed by atoms with Crippen molar-refractivity contribution in [1.82, 2.24) is 4.90 Å². The van der Waals surface area contributed by atoms with Gasteiger partial charge >= 0.3 is 0 Å². The van der Waals surface area contributed by atoms with E-state index >= 15 is 0 Å². The zero-order valence-corrected chi connectivity index (χ0v) is 9.79. The van der Waals surface area contributed by atoms with Gasteiger partial charge in [-0.05, 0) is 13.8 Å². The van der Waals surface area contributed by atoms with Crippen LogP contribution < -0.4 is 0 Å². The van der Waals surface area contributed by atoms with E-state index in [2.05, 4.69) is 0 Å². The van der Waals surface area contributed by atoms with Crippen LogP contribution in [0.1, 0.15) is 13.8 Å². The average molecular weight is 219 g/mol. The van der Waals surface area contributed by atoms with Gasteiger partial charge in [-0.25, -0.2) is 0 Å². The van der Waals surface area contributed by atoms with Crippen LogP contribution in [0, 0.1) is 0 Å². The van der Waals surface area contributed by atoms with Gasteiger partial charge in [0.1, 0.15) is 9.57 Å². The highest BCUT2D eigenvalue weighted by molar-refractivity contribution is 8.24. The number of rotatable bonds is 3. The molecule has 0 amide bonds. The Labute approximate surface area is 87.9 Å². The molecule has 5 heteroatoms. The number of nitrogens with zero attached hydrogens (tertiary/aromatic N) is 1. The maximum Gasteiger partial charge on any atom is 0.150 e. The minimum absolute atomic E-state index is 0.151. The maximum atomic E-state index is 11.0. The predicted molar refractivity (Wildman–Crippen MR) is 59.0 cm³/mol. The van der Waals surface area contributed by atoms with Crippen LogP contribution in [0.15, 0.2) is 0 Å². The van der Waals surface area contributed by atoms with Gasteiger partial charge in [-0.2, -0.15) is 0 Å². The minimum atomic E-state index is -0.644. The van der Waals surface area contributed by atoms with Crippen molar-refractivity contribution in [2.24, 2.45) is 0 Å². The first-order valence-electron chi connectivity index (χ1n) is 3.75. The van der Waals surface area contributed by atoms with Crippen LogP contribution in [-0.2, 0) is 9.59 Å². The lowest BCUT2D eigenvalue weighted by Gasteiger charge is -2.16. The molecule has 0 aliphatic rings. The lowest BCUT2D eigenvalue weighted by atomic mass is 10.2. The standard InChI is InChI=1S/C8H13NO2S2/c1-5(10)7(6(2)11)13-8(12)9(3)4/h7H,1-4H3. The first-order valence-corrected chi connectivity index (χ1v) is 5.04. The molecule has 0 aromatic rings. The van der Waals surface area contributed by atoms with E-state index in [9.17, 15) is 9.59 Å². The fourth-order valence-corrected chi connectivity index (χ4v) is 1.69. The molecule has 0 saturated heterocycles. The minimum Gasteiger partial charge on any atom is -0.364 e. The molecular weight excluding hydrogens is 206 g/mol. The van der Waals surface area contributed by atoms with Crippen LogP contribution in [0.2, 0.25) is 0 Å². The van der Waals surface area contributed by atoms with Crippen LogP contribution in [0.3, 0.4) is 0 Å². The molecule has 0 heterocycles. The van der Waals surface area contributed by atoms with Crippen molar-refractivity contribution < 1.29 is 9.59 Å². The van der Waals surface area contributed by atoms with Crippen LogP contribution in [0.4, 0.5) is 0 Å². The van der Waals surface area contributed by atoms with Gasteiger partial charge in [-0.1, -0.05) is 24.0 Å². The molecule has 13 heavy (non-hydrogen) atoms. The summed E-state index contributed by atoms with van der Waals surface area (Å²) in [6.07, 6.45) is 0. The summed E-state index contributed by atoms with van der Waals surface area (Å²) in [5.74, 6) is -0.302. The van der Waals surface area contributed by atoms with Gasteiger partial charge in [0.2, 0.25) is 0 Å². The molecule has 0 radical (unpaired) electrons. The van der Waals surface area contributed by atoms with E-state index in [0.29, 0.717) is 4.32 Å². The molecule has 0 N–H and O–H groups in total. The summed E-state index contributed by atoms with van der Waals surface area (Å²) in [6, 6.07) is 0. The number of ketones is 2. The number of thiocarbonyl (C=S) groups is 1. The monoisotopic (exact) mass is 219 g/mol. The average Bonchev–Trinajstić information content (AvgIpc) is 1.97. The SMILES string of the molecule is CC(=O)C(SC(=S)N(C)C)C(C)=O. The maximum absolute atomic E-state index is 11.0. The van der Waals surface area contributed by atoms with Gasteiger partial charge in [0, 0.05) is 14.1 Å². The Kier molecular flexibility index (Phi) is 5.17. The van der Waals surface area contributed by atoms with E-state index in [1.807, 2.05) is 0 Å². The van der Waals surface area contributed by atoms with Crippen LogP contribution >= 0.6 is 24.0 Å². The Morgan fingerprint density at radius 2 is 1.62 bits per heavy atom. The second-order valence-corrected chi connectivity index (χ2v) is 4.62. The highest BCUT2D eigenvalue weighted by atomic mass is 32.2. The summed E-state index contributed by atoms with van der Waals surface area (Å²) >= 11 is 6.10. The van der Waals surface area contributed by atoms with E-state index in [-0.39, 0.29) is 11.6 Å². The van der Waals surface area contributed by atoms with Crippen LogP contribution in [-0.4, -0.2) is 40.1 Å². The second kappa shape index (κ2) is 5.34. The molecule has 0 saturated carbocycles. The van der Waals surface area contributed by atoms with Crippen molar-refractivity contribution in [3.05, 3.63) is 0 Å². The molecular formula is C8H13NO2S2. The number of hydrogen-bond acceptors (Lipinski definition) is 4. The number of hydrogen-bond donors (Lipinski definition) is 0. The van der Waals surface area contributed by atoms with E-state index < -0.39 is 5.25 Å². The molecule has 0 aromatic heterocycles. The van der Waals surface area contributed by atoms with Gasteiger partial charge in [-0.3, -0.25) is 9.59 Å². The molecule has 0 bridgehead atoms.